The van der Waals surface area contributed by atoms with E-state index in [4.69, 9.17) is 0 Å². The van der Waals surface area contributed by atoms with Gasteiger partial charge in [0, 0.05) is 12.6 Å². The molecule has 0 bridgehead atoms. The van der Waals surface area contributed by atoms with Crippen molar-refractivity contribution in [2.24, 2.45) is 5.92 Å². The molecule has 3 rings (SSSR count). The van der Waals surface area contributed by atoms with Gasteiger partial charge in [0.05, 0.1) is 22.9 Å². The third-order valence-corrected chi connectivity index (χ3v) is 7.30. The van der Waals surface area contributed by atoms with Gasteiger partial charge < -0.3 is 4.90 Å². The molecule has 152 valence electrons. The molecule has 0 radical (unpaired) electrons. The fraction of sp³-hybridized carbons (Fsp3) is 0.556. The Morgan fingerprint density at radius 2 is 2.11 bits per heavy atom. The number of amides is 1. The van der Waals surface area contributed by atoms with Crippen molar-refractivity contribution in [2.45, 2.75) is 38.4 Å². The summed E-state index contributed by atoms with van der Waals surface area (Å²) in [4.78, 5) is 14.6. The van der Waals surface area contributed by atoms with Crippen molar-refractivity contribution in [3.63, 3.8) is 0 Å². The van der Waals surface area contributed by atoms with Gasteiger partial charge >= 0.3 is 0 Å². The summed E-state index contributed by atoms with van der Waals surface area (Å²) < 4.78 is 25.3. The predicted molar refractivity (Wildman–Crippen MR) is 108 cm³/mol. The number of benzene rings is 1. The average molecular weight is 424 g/mol. The number of hydrogen-bond acceptors (Lipinski definition) is 7. The molecule has 1 aromatic carbocycles. The first kappa shape index (κ1) is 20.8. The number of sulfone groups is 1. The molecule has 1 atom stereocenters. The number of tetrazole rings is 1. The highest BCUT2D eigenvalue weighted by molar-refractivity contribution is 7.99. The van der Waals surface area contributed by atoms with Crippen LogP contribution in [0.2, 0.25) is 0 Å². The zero-order valence-corrected chi connectivity index (χ0v) is 17.9. The van der Waals surface area contributed by atoms with Crippen LogP contribution in [0.5, 0.6) is 0 Å². The zero-order valence-electron chi connectivity index (χ0n) is 16.3. The molecule has 1 aliphatic rings. The second-order valence-electron chi connectivity index (χ2n) is 7.45. The minimum absolute atomic E-state index is 0.0527. The predicted octanol–water partition coefficient (Wildman–Crippen LogP) is 1.73. The lowest BCUT2D eigenvalue weighted by Crippen LogP contribution is -2.44. The Labute approximate surface area is 169 Å². The van der Waals surface area contributed by atoms with Gasteiger partial charge in [0.1, 0.15) is 0 Å². The van der Waals surface area contributed by atoms with Crippen molar-refractivity contribution in [3.8, 4) is 5.69 Å². The van der Waals surface area contributed by atoms with Crippen molar-refractivity contribution >= 4 is 27.5 Å². The fourth-order valence-corrected chi connectivity index (χ4v) is 5.80. The van der Waals surface area contributed by atoms with E-state index < -0.39 is 9.84 Å². The molecule has 1 saturated heterocycles. The number of aromatic nitrogens is 4. The summed E-state index contributed by atoms with van der Waals surface area (Å²) in [5, 5.41) is 12.4. The zero-order chi connectivity index (χ0) is 20.3. The number of para-hydroxylation sites is 1. The van der Waals surface area contributed by atoms with Gasteiger partial charge in [-0.2, -0.15) is 4.68 Å². The Bertz CT molecular complexity index is 942. The molecule has 1 aliphatic heterocycles. The van der Waals surface area contributed by atoms with Crippen LogP contribution >= 0.6 is 11.8 Å². The van der Waals surface area contributed by atoms with Gasteiger partial charge in [-0.15, -0.1) is 5.10 Å². The Morgan fingerprint density at radius 3 is 2.75 bits per heavy atom. The summed E-state index contributed by atoms with van der Waals surface area (Å²) in [5.41, 5.74) is 1.89. The number of carbonyl (C=O) groups is 1. The lowest BCUT2D eigenvalue weighted by molar-refractivity contribution is -0.130. The highest BCUT2D eigenvalue weighted by Gasteiger charge is 2.34. The van der Waals surface area contributed by atoms with E-state index in [1.54, 1.807) is 9.58 Å². The Balaban J connectivity index is 1.72. The third kappa shape index (κ3) is 4.91. The molecular formula is C18H25N5O3S2. The van der Waals surface area contributed by atoms with Gasteiger partial charge in [-0.05, 0) is 41.3 Å². The first-order chi connectivity index (χ1) is 13.3. The lowest BCUT2D eigenvalue weighted by Gasteiger charge is -2.29. The van der Waals surface area contributed by atoms with Crippen molar-refractivity contribution in [2.75, 3.05) is 23.8 Å². The van der Waals surface area contributed by atoms with Crippen LogP contribution in [0.15, 0.2) is 29.4 Å². The molecule has 1 aromatic heterocycles. The van der Waals surface area contributed by atoms with Gasteiger partial charge in [-0.3, -0.25) is 4.79 Å². The molecule has 10 heteroatoms. The minimum atomic E-state index is -3.05. The SMILES string of the molecule is Cc1ccccc1-n1nnnc1SCC(=O)N(CC(C)C)[C@@H]1CCS(=O)(=O)C1. The van der Waals surface area contributed by atoms with Crippen LogP contribution in [0.3, 0.4) is 0 Å². The molecule has 0 saturated carbocycles. The third-order valence-electron chi connectivity index (χ3n) is 4.64. The molecule has 0 N–H and O–H groups in total. The molecule has 0 unspecified atom stereocenters. The summed E-state index contributed by atoms with van der Waals surface area (Å²) >= 11 is 1.27. The molecule has 1 fully saturated rings. The first-order valence-corrected chi connectivity index (χ1v) is 12.0. The van der Waals surface area contributed by atoms with Gasteiger partial charge in [0.25, 0.3) is 0 Å². The molecule has 2 aromatic rings. The fourth-order valence-electron chi connectivity index (χ4n) is 3.30. The molecule has 0 spiro atoms. The van der Waals surface area contributed by atoms with Crippen LogP contribution in [-0.4, -0.2) is 69.3 Å². The quantitative estimate of drug-likeness (QED) is 0.626. The van der Waals surface area contributed by atoms with Crippen LogP contribution in [0.25, 0.3) is 5.69 Å². The second-order valence-corrected chi connectivity index (χ2v) is 10.6. The van der Waals surface area contributed by atoms with E-state index in [0.717, 1.165) is 11.3 Å². The molecular weight excluding hydrogens is 398 g/mol. The van der Waals surface area contributed by atoms with Crippen LogP contribution in [-0.2, 0) is 14.6 Å². The van der Waals surface area contributed by atoms with E-state index >= 15 is 0 Å². The normalized spacial score (nSPS) is 18.5. The maximum atomic E-state index is 12.9. The van der Waals surface area contributed by atoms with Crippen LogP contribution in [0, 0.1) is 12.8 Å². The van der Waals surface area contributed by atoms with E-state index in [-0.39, 0.29) is 35.1 Å². The lowest BCUT2D eigenvalue weighted by atomic mass is 10.1. The van der Waals surface area contributed by atoms with Crippen molar-refractivity contribution in [1.82, 2.24) is 25.1 Å². The van der Waals surface area contributed by atoms with Crippen molar-refractivity contribution < 1.29 is 13.2 Å². The van der Waals surface area contributed by atoms with Crippen molar-refractivity contribution in [3.05, 3.63) is 29.8 Å². The smallest absolute Gasteiger partial charge is 0.233 e. The largest absolute Gasteiger partial charge is 0.338 e. The number of thioether (sulfide) groups is 1. The van der Waals surface area contributed by atoms with Crippen LogP contribution in [0.4, 0.5) is 0 Å². The molecule has 1 amide bonds. The second kappa shape index (κ2) is 8.60. The van der Waals surface area contributed by atoms with E-state index in [1.165, 1.54) is 11.8 Å². The number of hydrogen-bond donors (Lipinski definition) is 0. The van der Waals surface area contributed by atoms with Gasteiger partial charge in [0.15, 0.2) is 9.84 Å². The summed E-state index contributed by atoms with van der Waals surface area (Å²) in [7, 11) is -3.05. The Kier molecular flexibility index (Phi) is 6.39. The van der Waals surface area contributed by atoms with E-state index in [0.29, 0.717) is 18.1 Å². The molecule has 8 nitrogen and oxygen atoms in total. The molecule has 0 aliphatic carbocycles. The maximum absolute atomic E-state index is 12.9. The van der Waals surface area contributed by atoms with E-state index in [2.05, 4.69) is 15.5 Å². The monoisotopic (exact) mass is 423 g/mol. The topological polar surface area (TPSA) is 98.1 Å². The van der Waals surface area contributed by atoms with E-state index in [9.17, 15) is 13.2 Å². The highest BCUT2D eigenvalue weighted by Crippen LogP contribution is 2.23. The van der Waals surface area contributed by atoms with Crippen molar-refractivity contribution in [1.29, 1.82) is 0 Å². The minimum Gasteiger partial charge on any atom is -0.338 e. The number of nitrogens with zero attached hydrogens (tertiary/aromatic N) is 5. The number of rotatable bonds is 7. The summed E-state index contributed by atoms with van der Waals surface area (Å²) in [6, 6.07) is 7.51. The van der Waals surface area contributed by atoms with Crippen LogP contribution < -0.4 is 0 Å². The standard InChI is InChI=1S/C18H25N5O3S2/c1-13(2)10-22(15-8-9-28(25,26)12-15)17(24)11-27-18-19-20-21-23(18)16-7-5-4-6-14(16)3/h4-7,13,15H,8-12H2,1-3H3/t15-/m1/s1. The van der Waals surface area contributed by atoms with Gasteiger partial charge in [-0.25, -0.2) is 8.42 Å². The Hall–Kier alpha value is -1.94. The van der Waals surface area contributed by atoms with E-state index in [1.807, 2.05) is 45.0 Å². The van der Waals surface area contributed by atoms with Crippen LogP contribution in [0.1, 0.15) is 25.8 Å². The summed E-state index contributed by atoms with van der Waals surface area (Å²) in [6.07, 6.45) is 0.506. The maximum Gasteiger partial charge on any atom is 0.233 e. The summed E-state index contributed by atoms with van der Waals surface area (Å²) in [5.74, 6) is 0.542. The van der Waals surface area contributed by atoms with Gasteiger partial charge in [0.2, 0.25) is 11.1 Å². The van der Waals surface area contributed by atoms with Gasteiger partial charge in [-0.1, -0.05) is 43.8 Å². The Morgan fingerprint density at radius 1 is 1.36 bits per heavy atom. The summed E-state index contributed by atoms with van der Waals surface area (Å²) in [6.45, 7) is 6.56. The molecule has 2 heterocycles. The average Bonchev–Trinajstić information content (AvgIpc) is 3.24. The molecule has 28 heavy (non-hydrogen) atoms. The highest BCUT2D eigenvalue weighted by atomic mass is 32.2. The first-order valence-electron chi connectivity index (χ1n) is 9.24. The number of aryl methyl sites for hydroxylation is 1. The number of carbonyl (C=O) groups excluding carboxylic acids is 1.